The van der Waals surface area contributed by atoms with Gasteiger partial charge in [0, 0.05) is 22.6 Å². The summed E-state index contributed by atoms with van der Waals surface area (Å²) in [6.07, 6.45) is 1.73. The second-order valence-corrected chi connectivity index (χ2v) is 11.4. The molecule has 1 amide bonds. The Morgan fingerprint density at radius 3 is 2.54 bits per heavy atom. The lowest BCUT2D eigenvalue weighted by atomic mass is 9.81. The van der Waals surface area contributed by atoms with Gasteiger partial charge in [-0.15, -0.1) is 11.3 Å². The smallest absolute Gasteiger partial charge is 0.250 e. The maximum atomic E-state index is 12.7. The Hall–Kier alpha value is -4.20. The number of aromatic nitrogens is 1. The standard InChI is InChI=1S/C32H25N3O2S2/c1-21-15-17-22(18-16-21)30-24-11-5-7-13-27(24)37-31(23-9-3-2-4-10-23)25(30)19-33-35-29(36)20-38-32-34-26-12-6-8-14-28(26)39-32/h2-19,30H,20H2,1H3,(H,35,36)/b33-19+. The molecule has 1 unspecified atom stereocenters. The van der Waals surface area contributed by atoms with Gasteiger partial charge in [-0.3, -0.25) is 4.79 Å². The van der Waals surface area contributed by atoms with E-state index in [4.69, 9.17) is 4.74 Å². The van der Waals surface area contributed by atoms with E-state index in [-0.39, 0.29) is 17.6 Å². The number of amides is 1. The number of allylic oxidation sites excluding steroid dienone is 1. The zero-order valence-corrected chi connectivity index (χ0v) is 22.8. The van der Waals surface area contributed by atoms with E-state index >= 15 is 0 Å². The summed E-state index contributed by atoms with van der Waals surface area (Å²) in [4.78, 5) is 17.3. The first kappa shape index (κ1) is 25.1. The summed E-state index contributed by atoms with van der Waals surface area (Å²) in [5, 5.41) is 4.40. The van der Waals surface area contributed by atoms with Crippen LogP contribution in [0, 0.1) is 6.92 Å². The summed E-state index contributed by atoms with van der Waals surface area (Å²) >= 11 is 3.00. The molecule has 2 heterocycles. The van der Waals surface area contributed by atoms with Crippen molar-refractivity contribution < 1.29 is 9.53 Å². The number of carbonyl (C=O) groups is 1. The molecule has 5 aromatic rings. The molecule has 1 N–H and O–H groups in total. The highest BCUT2D eigenvalue weighted by molar-refractivity contribution is 8.01. The number of thiazole rings is 1. The molecule has 1 aromatic heterocycles. The van der Waals surface area contributed by atoms with Crippen LogP contribution in [0.15, 0.2) is 118 Å². The SMILES string of the molecule is Cc1ccc(C2C(/C=N/NC(=O)CSc3nc4ccccc4s3)=C(c3ccccc3)Oc3ccccc32)cc1. The van der Waals surface area contributed by atoms with Gasteiger partial charge in [0.1, 0.15) is 11.5 Å². The van der Waals surface area contributed by atoms with Gasteiger partial charge in [0.2, 0.25) is 0 Å². The predicted molar refractivity (Wildman–Crippen MR) is 160 cm³/mol. The van der Waals surface area contributed by atoms with Gasteiger partial charge in [0.25, 0.3) is 5.91 Å². The first-order valence-corrected chi connectivity index (χ1v) is 14.4. The average Bonchev–Trinajstić information content (AvgIpc) is 3.40. The number of fused-ring (bicyclic) bond motifs is 2. The number of thioether (sulfide) groups is 1. The molecular weight excluding hydrogens is 523 g/mol. The van der Waals surface area contributed by atoms with E-state index < -0.39 is 0 Å². The molecule has 0 aliphatic carbocycles. The number of nitrogens with one attached hydrogen (secondary N) is 1. The van der Waals surface area contributed by atoms with Crippen LogP contribution in [0.3, 0.4) is 0 Å². The molecule has 4 aromatic carbocycles. The molecular formula is C32H25N3O2S2. The maximum Gasteiger partial charge on any atom is 0.250 e. The van der Waals surface area contributed by atoms with Crippen molar-refractivity contribution >= 4 is 51.2 Å². The number of para-hydroxylation sites is 2. The number of rotatable bonds is 7. The fourth-order valence-corrected chi connectivity index (χ4v) is 6.45. The van der Waals surface area contributed by atoms with Crippen LogP contribution in [-0.2, 0) is 4.79 Å². The molecule has 5 nitrogen and oxygen atoms in total. The van der Waals surface area contributed by atoms with E-state index in [1.807, 2.05) is 72.8 Å². The van der Waals surface area contributed by atoms with Crippen LogP contribution in [-0.4, -0.2) is 22.9 Å². The Kier molecular flexibility index (Phi) is 7.25. The number of nitrogens with zero attached hydrogens (tertiary/aromatic N) is 2. The quantitative estimate of drug-likeness (QED) is 0.131. The average molecular weight is 548 g/mol. The minimum Gasteiger partial charge on any atom is -0.456 e. The first-order valence-electron chi connectivity index (χ1n) is 12.6. The predicted octanol–water partition coefficient (Wildman–Crippen LogP) is 7.43. The Labute approximate surface area is 235 Å². The monoisotopic (exact) mass is 547 g/mol. The minimum atomic E-state index is -0.193. The van der Waals surface area contributed by atoms with E-state index in [2.05, 4.69) is 52.8 Å². The second kappa shape index (κ2) is 11.3. The summed E-state index contributed by atoms with van der Waals surface area (Å²) in [6, 6.07) is 34.6. The molecule has 1 atom stereocenters. The number of carbonyl (C=O) groups excluding carboxylic acids is 1. The number of benzene rings is 4. The molecule has 0 saturated carbocycles. The van der Waals surface area contributed by atoms with Gasteiger partial charge < -0.3 is 4.74 Å². The van der Waals surface area contributed by atoms with Gasteiger partial charge in [-0.05, 0) is 30.7 Å². The molecule has 7 heteroatoms. The fraction of sp³-hybridized carbons (Fsp3) is 0.0938. The fourth-order valence-electron chi connectivity index (χ4n) is 4.59. The number of aryl methyl sites for hydroxylation is 1. The molecule has 0 saturated heterocycles. The Bertz CT molecular complexity index is 1660. The zero-order valence-electron chi connectivity index (χ0n) is 21.2. The van der Waals surface area contributed by atoms with E-state index in [0.29, 0.717) is 0 Å². The Morgan fingerprint density at radius 2 is 1.72 bits per heavy atom. The van der Waals surface area contributed by atoms with Crippen LogP contribution in [0.4, 0.5) is 0 Å². The van der Waals surface area contributed by atoms with Gasteiger partial charge >= 0.3 is 0 Å². The van der Waals surface area contributed by atoms with Crippen molar-refractivity contribution in [2.45, 2.75) is 17.2 Å². The third-order valence-corrected chi connectivity index (χ3v) is 8.64. The number of ether oxygens (including phenoxy) is 1. The van der Waals surface area contributed by atoms with Crippen molar-refractivity contribution in [3.63, 3.8) is 0 Å². The van der Waals surface area contributed by atoms with Crippen molar-refractivity contribution in [2.75, 3.05) is 5.75 Å². The highest BCUT2D eigenvalue weighted by Gasteiger charge is 2.30. The molecule has 0 bridgehead atoms. The molecule has 0 fully saturated rings. The third-order valence-electron chi connectivity index (χ3n) is 6.46. The third kappa shape index (κ3) is 5.50. The molecule has 6 rings (SSSR count). The van der Waals surface area contributed by atoms with Crippen molar-refractivity contribution in [3.05, 3.63) is 131 Å². The van der Waals surface area contributed by atoms with Gasteiger partial charge in [-0.2, -0.15) is 5.10 Å². The lowest BCUT2D eigenvalue weighted by molar-refractivity contribution is -0.118. The summed E-state index contributed by atoms with van der Waals surface area (Å²) in [5.74, 6) is 1.46. The van der Waals surface area contributed by atoms with Crippen molar-refractivity contribution in [3.8, 4) is 5.75 Å². The molecule has 0 spiro atoms. The van der Waals surface area contributed by atoms with Gasteiger partial charge in [0.15, 0.2) is 4.34 Å². The summed E-state index contributed by atoms with van der Waals surface area (Å²) in [5.41, 5.74) is 8.86. The maximum absolute atomic E-state index is 12.7. The second-order valence-electron chi connectivity index (χ2n) is 9.16. The molecule has 1 aliphatic heterocycles. The van der Waals surface area contributed by atoms with Gasteiger partial charge in [-0.25, -0.2) is 10.4 Å². The zero-order chi connectivity index (χ0) is 26.6. The topological polar surface area (TPSA) is 63.6 Å². The van der Waals surface area contributed by atoms with Crippen molar-refractivity contribution in [2.24, 2.45) is 5.10 Å². The molecule has 1 aliphatic rings. The van der Waals surface area contributed by atoms with Crippen LogP contribution in [0.5, 0.6) is 5.75 Å². The van der Waals surface area contributed by atoms with E-state index in [9.17, 15) is 4.79 Å². The van der Waals surface area contributed by atoms with Crippen LogP contribution in [0.2, 0.25) is 0 Å². The Balaban J connectivity index is 1.29. The number of hydrazone groups is 1. The van der Waals surface area contributed by atoms with Gasteiger partial charge in [-0.1, -0.05) is 102 Å². The summed E-state index contributed by atoms with van der Waals surface area (Å²) in [6.45, 7) is 2.08. The first-order chi connectivity index (χ1) is 19.2. The minimum absolute atomic E-state index is 0.108. The van der Waals surface area contributed by atoms with Gasteiger partial charge in [0.05, 0.1) is 22.2 Å². The lowest BCUT2D eigenvalue weighted by Crippen LogP contribution is -2.22. The lowest BCUT2D eigenvalue weighted by Gasteiger charge is -2.30. The normalized spacial score (nSPS) is 14.8. The summed E-state index contributed by atoms with van der Waals surface area (Å²) in [7, 11) is 0. The van der Waals surface area contributed by atoms with Crippen molar-refractivity contribution in [1.29, 1.82) is 0 Å². The van der Waals surface area contributed by atoms with E-state index in [0.717, 1.165) is 48.3 Å². The molecule has 39 heavy (non-hydrogen) atoms. The highest BCUT2D eigenvalue weighted by Crippen LogP contribution is 2.45. The van der Waals surface area contributed by atoms with Crippen LogP contribution >= 0.6 is 23.1 Å². The largest absolute Gasteiger partial charge is 0.456 e. The van der Waals surface area contributed by atoms with Crippen LogP contribution < -0.4 is 10.2 Å². The Morgan fingerprint density at radius 1 is 0.974 bits per heavy atom. The highest BCUT2D eigenvalue weighted by atomic mass is 32.2. The molecule has 192 valence electrons. The summed E-state index contributed by atoms with van der Waals surface area (Å²) < 4.78 is 8.43. The molecule has 0 radical (unpaired) electrons. The van der Waals surface area contributed by atoms with E-state index in [1.165, 1.54) is 17.3 Å². The van der Waals surface area contributed by atoms with Crippen LogP contribution in [0.25, 0.3) is 16.0 Å². The number of hydrogen-bond donors (Lipinski definition) is 1. The van der Waals surface area contributed by atoms with Crippen LogP contribution in [0.1, 0.15) is 28.2 Å². The van der Waals surface area contributed by atoms with Crippen molar-refractivity contribution in [1.82, 2.24) is 10.4 Å². The number of hydrogen-bond acceptors (Lipinski definition) is 6. The van der Waals surface area contributed by atoms with E-state index in [1.54, 1.807) is 17.6 Å².